The number of nitrogens with zero attached hydrogens (tertiary/aromatic N) is 1. The Hall–Kier alpha value is -0.0800. The fourth-order valence-corrected chi connectivity index (χ4v) is 3.02. The largest absolute Gasteiger partial charge is 0.393 e. The van der Waals surface area contributed by atoms with Gasteiger partial charge in [0.05, 0.1) is 6.10 Å². The molecule has 1 N–H and O–H groups in total. The summed E-state index contributed by atoms with van der Waals surface area (Å²) in [5, 5.41) is 9.79. The van der Waals surface area contributed by atoms with Crippen LogP contribution in [0.5, 0.6) is 0 Å². The summed E-state index contributed by atoms with van der Waals surface area (Å²) >= 11 is 0. The van der Waals surface area contributed by atoms with Crippen molar-refractivity contribution in [2.24, 2.45) is 5.92 Å². The van der Waals surface area contributed by atoms with Crippen molar-refractivity contribution >= 4 is 0 Å². The minimum atomic E-state index is -0.0219. The van der Waals surface area contributed by atoms with E-state index in [-0.39, 0.29) is 6.10 Å². The maximum absolute atomic E-state index is 9.79. The number of hydrogen-bond donors (Lipinski definition) is 1. The van der Waals surface area contributed by atoms with Crippen LogP contribution in [0.25, 0.3) is 0 Å². The van der Waals surface area contributed by atoms with Crippen LogP contribution in [0, 0.1) is 5.92 Å². The Kier molecular flexibility index (Phi) is 2.85. The van der Waals surface area contributed by atoms with Crippen LogP contribution < -0.4 is 0 Å². The number of hydrogen-bond acceptors (Lipinski definition) is 2. The molecule has 0 radical (unpaired) electrons. The van der Waals surface area contributed by atoms with Gasteiger partial charge in [-0.1, -0.05) is 6.42 Å². The molecule has 2 nitrogen and oxygen atoms in total. The van der Waals surface area contributed by atoms with Crippen molar-refractivity contribution in [1.82, 2.24) is 4.90 Å². The summed E-state index contributed by atoms with van der Waals surface area (Å²) < 4.78 is 0. The second kappa shape index (κ2) is 3.82. The van der Waals surface area contributed by atoms with Crippen molar-refractivity contribution in [3.8, 4) is 0 Å². The molecule has 0 aromatic heterocycles. The molecule has 1 saturated carbocycles. The van der Waals surface area contributed by atoms with E-state index in [0.29, 0.717) is 11.5 Å². The van der Waals surface area contributed by atoms with Crippen molar-refractivity contribution in [2.75, 3.05) is 13.1 Å². The van der Waals surface area contributed by atoms with E-state index in [2.05, 4.69) is 18.7 Å². The highest BCUT2D eigenvalue weighted by Crippen LogP contribution is 2.33. The Morgan fingerprint density at radius 2 is 2.07 bits per heavy atom. The quantitative estimate of drug-likeness (QED) is 0.732. The third-order valence-electron chi connectivity index (χ3n) is 4.15. The van der Waals surface area contributed by atoms with Crippen LogP contribution in [-0.4, -0.2) is 34.7 Å². The van der Waals surface area contributed by atoms with Gasteiger partial charge < -0.3 is 5.11 Å². The minimum Gasteiger partial charge on any atom is -0.393 e. The van der Waals surface area contributed by atoms with Crippen LogP contribution in [0.4, 0.5) is 0 Å². The smallest absolute Gasteiger partial charge is 0.0580 e. The Bertz CT molecular complexity index is 202. The first kappa shape index (κ1) is 10.4. The topological polar surface area (TPSA) is 23.5 Å². The van der Waals surface area contributed by atoms with E-state index in [0.717, 1.165) is 13.0 Å². The van der Waals surface area contributed by atoms with Crippen LogP contribution in [0.3, 0.4) is 0 Å². The van der Waals surface area contributed by atoms with Crippen molar-refractivity contribution in [1.29, 1.82) is 0 Å². The molecular formula is C12H23NO. The summed E-state index contributed by atoms with van der Waals surface area (Å²) in [6, 6.07) is 0. The summed E-state index contributed by atoms with van der Waals surface area (Å²) in [5.74, 6) is 0.548. The molecule has 0 amide bonds. The average molecular weight is 197 g/mol. The number of aliphatic hydroxyl groups excluding tert-OH is 1. The lowest BCUT2D eigenvalue weighted by Gasteiger charge is -2.34. The molecule has 2 aliphatic rings. The predicted octanol–water partition coefficient (Wildman–Crippen LogP) is 2.02. The standard InChI is InChI=1S/C12H23NO/c1-12(2)7-4-8-13(12)9-10-5-3-6-11(10)14/h10-11,14H,3-9H2,1-2H3. The molecule has 1 aliphatic heterocycles. The van der Waals surface area contributed by atoms with E-state index in [1.54, 1.807) is 0 Å². The van der Waals surface area contributed by atoms with Gasteiger partial charge in [0.25, 0.3) is 0 Å². The highest BCUT2D eigenvalue weighted by Gasteiger charge is 2.35. The van der Waals surface area contributed by atoms with Crippen molar-refractivity contribution in [2.45, 2.75) is 57.6 Å². The molecule has 0 aromatic rings. The van der Waals surface area contributed by atoms with Gasteiger partial charge in [0, 0.05) is 12.1 Å². The van der Waals surface area contributed by atoms with Gasteiger partial charge in [0.2, 0.25) is 0 Å². The Morgan fingerprint density at radius 3 is 2.57 bits per heavy atom. The van der Waals surface area contributed by atoms with Crippen molar-refractivity contribution < 1.29 is 5.11 Å². The second-order valence-corrected chi connectivity index (χ2v) is 5.62. The molecule has 82 valence electrons. The zero-order valence-corrected chi connectivity index (χ0v) is 9.50. The lowest BCUT2D eigenvalue weighted by molar-refractivity contribution is 0.0785. The fraction of sp³-hybridized carbons (Fsp3) is 1.00. The lowest BCUT2D eigenvalue weighted by atomic mass is 9.99. The summed E-state index contributed by atoms with van der Waals surface area (Å²) in [6.45, 7) is 7.02. The van der Waals surface area contributed by atoms with Crippen LogP contribution in [0.15, 0.2) is 0 Å². The van der Waals surface area contributed by atoms with Gasteiger partial charge in [-0.3, -0.25) is 4.90 Å². The Morgan fingerprint density at radius 1 is 1.29 bits per heavy atom. The average Bonchev–Trinajstić information content (AvgIpc) is 2.62. The maximum Gasteiger partial charge on any atom is 0.0580 e. The van der Waals surface area contributed by atoms with Crippen LogP contribution >= 0.6 is 0 Å². The molecule has 0 spiro atoms. The van der Waals surface area contributed by atoms with E-state index in [9.17, 15) is 5.11 Å². The van der Waals surface area contributed by atoms with Crippen molar-refractivity contribution in [3.63, 3.8) is 0 Å². The third-order valence-corrected chi connectivity index (χ3v) is 4.15. The van der Waals surface area contributed by atoms with Crippen LogP contribution in [0.1, 0.15) is 46.0 Å². The number of aliphatic hydroxyl groups is 1. The highest BCUT2D eigenvalue weighted by atomic mass is 16.3. The van der Waals surface area contributed by atoms with E-state index < -0.39 is 0 Å². The number of likely N-dealkylation sites (tertiary alicyclic amines) is 1. The van der Waals surface area contributed by atoms with E-state index in [1.807, 2.05) is 0 Å². The van der Waals surface area contributed by atoms with Gasteiger partial charge in [-0.15, -0.1) is 0 Å². The molecule has 1 heterocycles. The van der Waals surface area contributed by atoms with E-state index in [1.165, 1.54) is 32.2 Å². The molecule has 1 saturated heterocycles. The molecule has 2 rings (SSSR count). The second-order valence-electron chi connectivity index (χ2n) is 5.62. The van der Waals surface area contributed by atoms with Gasteiger partial charge in [-0.05, 0) is 52.0 Å². The van der Waals surface area contributed by atoms with Gasteiger partial charge in [0.1, 0.15) is 0 Å². The molecule has 2 atom stereocenters. The summed E-state index contributed by atoms with van der Waals surface area (Å²) in [7, 11) is 0. The summed E-state index contributed by atoms with van der Waals surface area (Å²) in [5.41, 5.74) is 0.377. The first-order chi connectivity index (χ1) is 6.59. The molecule has 14 heavy (non-hydrogen) atoms. The highest BCUT2D eigenvalue weighted by molar-refractivity contribution is 4.90. The van der Waals surface area contributed by atoms with Crippen LogP contribution in [-0.2, 0) is 0 Å². The van der Waals surface area contributed by atoms with Crippen molar-refractivity contribution in [3.05, 3.63) is 0 Å². The zero-order chi connectivity index (χ0) is 10.2. The maximum atomic E-state index is 9.79. The minimum absolute atomic E-state index is 0.0219. The molecule has 0 aromatic carbocycles. The Labute approximate surface area is 87.3 Å². The van der Waals surface area contributed by atoms with Gasteiger partial charge in [-0.25, -0.2) is 0 Å². The first-order valence-electron chi connectivity index (χ1n) is 6.03. The Balaban J connectivity index is 1.90. The number of rotatable bonds is 2. The van der Waals surface area contributed by atoms with Gasteiger partial charge in [-0.2, -0.15) is 0 Å². The molecule has 2 heteroatoms. The SMILES string of the molecule is CC1(C)CCCN1CC1CCCC1O. The van der Waals surface area contributed by atoms with E-state index in [4.69, 9.17) is 0 Å². The monoisotopic (exact) mass is 197 g/mol. The van der Waals surface area contributed by atoms with Crippen LogP contribution in [0.2, 0.25) is 0 Å². The molecule has 1 aliphatic carbocycles. The zero-order valence-electron chi connectivity index (χ0n) is 9.50. The van der Waals surface area contributed by atoms with Gasteiger partial charge >= 0.3 is 0 Å². The molecule has 0 bridgehead atoms. The third kappa shape index (κ3) is 1.96. The molecule has 2 fully saturated rings. The van der Waals surface area contributed by atoms with Gasteiger partial charge in [0.15, 0.2) is 0 Å². The fourth-order valence-electron chi connectivity index (χ4n) is 3.02. The predicted molar refractivity (Wildman–Crippen MR) is 58.2 cm³/mol. The lowest BCUT2D eigenvalue weighted by Crippen LogP contribution is -2.42. The molecule has 2 unspecified atom stereocenters. The molecular weight excluding hydrogens is 174 g/mol. The summed E-state index contributed by atoms with van der Waals surface area (Å²) in [4.78, 5) is 2.58. The van der Waals surface area contributed by atoms with E-state index >= 15 is 0 Å². The first-order valence-corrected chi connectivity index (χ1v) is 6.03. The normalized spacial score (nSPS) is 37.9. The summed E-state index contributed by atoms with van der Waals surface area (Å²) in [6.07, 6.45) is 6.10.